The summed E-state index contributed by atoms with van der Waals surface area (Å²) in [5.41, 5.74) is 1.02. The molecule has 13 heavy (non-hydrogen) atoms. The van der Waals surface area contributed by atoms with E-state index in [2.05, 4.69) is 11.9 Å². The smallest absolute Gasteiger partial charge is 0.0887 e. The predicted octanol–water partition coefficient (Wildman–Crippen LogP) is 2.25. The topological polar surface area (TPSA) is 22.1 Å². The first kappa shape index (κ1) is 8.70. The van der Waals surface area contributed by atoms with Gasteiger partial charge in [0.15, 0.2) is 0 Å². The van der Waals surface area contributed by atoms with Crippen molar-refractivity contribution in [3.63, 3.8) is 0 Å². The van der Waals surface area contributed by atoms with Crippen molar-refractivity contribution < 1.29 is 4.74 Å². The average Bonchev–Trinajstić information content (AvgIpc) is 2.84. The van der Waals surface area contributed by atoms with Crippen LogP contribution in [0.4, 0.5) is 0 Å². The van der Waals surface area contributed by atoms with Crippen LogP contribution in [0.25, 0.3) is 0 Å². The molecule has 70 valence electrons. The summed E-state index contributed by atoms with van der Waals surface area (Å²) in [6.07, 6.45) is 3.14. The first-order valence-corrected chi connectivity index (χ1v) is 4.84. The van der Waals surface area contributed by atoms with Crippen molar-refractivity contribution in [3.05, 3.63) is 30.1 Å². The van der Waals surface area contributed by atoms with Gasteiger partial charge in [-0.1, -0.05) is 13.0 Å². The lowest BCUT2D eigenvalue weighted by Gasteiger charge is -2.01. The van der Waals surface area contributed by atoms with Crippen LogP contribution in [0, 0.1) is 11.8 Å². The van der Waals surface area contributed by atoms with Gasteiger partial charge in [0.25, 0.3) is 0 Å². The Labute approximate surface area is 78.9 Å². The predicted molar refractivity (Wildman–Crippen MR) is 51.2 cm³/mol. The zero-order valence-corrected chi connectivity index (χ0v) is 7.94. The number of hydrogen-bond acceptors (Lipinski definition) is 2. The minimum absolute atomic E-state index is 0.657. The van der Waals surface area contributed by atoms with Gasteiger partial charge in [-0.2, -0.15) is 0 Å². The molecule has 2 nitrogen and oxygen atoms in total. The Morgan fingerprint density at radius 1 is 1.54 bits per heavy atom. The lowest BCUT2D eigenvalue weighted by Crippen LogP contribution is -1.99. The number of aromatic nitrogens is 1. The van der Waals surface area contributed by atoms with E-state index in [0.717, 1.165) is 24.1 Å². The number of hydrogen-bond donors (Lipinski definition) is 0. The SMILES string of the molecule is CC1CC1COCc1ccccn1. The second kappa shape index (κ2) is 3.88. The summed E-state index contributed by atoms with van der Waals surface area (Å²) in [5.74, 6) is 1.69. The number of nitrogens with zero attached hydrogens (tertiary/aromatic N) is 1. The molecule has 2 heteroatoms. The van der Waals surface area contributed by atoms with Crippen LogP contribution < -0.4 is 0 Å². The minimum Gasteiger partial charge on any atom is -0.375 e. The van der Waals surface area contributed by atoms with E-state index in [4.69, 9.17) is 4.74 Å². The average molecular weight is 177 g/mol. The van der Waals surface area contributed by atoms with E-state index in [1.54, 1.807) is 6.20 Å². The van der Waals surface area contributed by atoms with Gasteiger partial charge in [-0.05, 0) is 30.4 Å². The van der Waals surface area contributed by atoms with Crippen LogP contribution in [0.2, 0.25) is 0 Å². The molecule has 0 radical (unpaired) electrons. The maximum atomic E-state index is 5.55. The van der Waals surface area contributed by atoms with Gasteiger partial charge in [0, 0.05) is 6.20 Å². The maximum absolute atomic E-state index is 5.55. The van der Waals surface area contributed by atoms with Gasteiger partial charge in [-0.15, -0.1) is 0 Å². The monoisotopic (exact) mass is 177 g/mol. The van der Waals surface area contributed by atoms with E-state index in [0.29, 0.717) is 6.61 Å². The van der Waals surface area contributed by atoms with E-state index < -0.39 is 0 Å². The first-order chi connectivity index (χ1) is 6.36. The summed E-state index contributed by atoms with van der Waals surface area (Å²) in [5, 5.41) is 0. The zero-order valence-electron chi connectivity index (χ0n) is 7.94. The molecule has 1 saturated carbocycles. The summed E-state index contributed by atoms with van der Waals surface area (Å²) in [7, 11) is 0. The van der Waals surface area contributed by atoms with Crippen molar-refractivity contribution in [1.82, 2.24) is 4.98 Å². The van der Waals surface area contributed by atoms with Gasteiger partial charge in [0.1, 0.15) is 0 Å². The summed E-state index contributed by atoms with van der Waals surface area (Å²) >= 11 is 0. The van der Waals surface area contributed by atoms with Gasteiger partial charge < -0.3 is 4.74 Å². The number of ether oxygens (including phenoxy) is 1. The lowest BCUT2D eigenvalue weighted by atomic mass is 10.3. The highest BCUT2D eigenvalue weighted by molar-refractivity contribution is 5.01. The van der Waals surface area contributed by atoms with Crippen LogP contribution in [0.15, 0.2) is 24.4 Å². The standard InChI is InChI=1S/C11H15NO/c1-9-6-10(9)7-13-8-11-4-2-3-5-12-11/h2-5,9-10H,6-8H2,1H3. The van der Waals surface area contributed by atoms with Crippen molar-refractivity contribution in [2.24, 2.45) is 11.8 Å². The Balaban J connectivity index is 1.68. The van der Waals surface area contributed by atoms with Crippen LogP contribution in [0.3, 0.4) is 0 Å². The fraction of sp³-hybridized carbons (Fsp3) is 0.545. The Morgan fingerprint density at radius 2 is 2.38 bits per heavy atom. The van der Waals surface area contributed by atoms with Crippen molar-refractivity contribution in [1.29, 1.82) is 0 Å². The van der Waals surface area contributed by atoms with Gasteiger partial charge in [0.2, 0.25) is 0 Å². The summed E-state index contributed by atoms with van der Waals surface area (Å²) < 4.78 is 5.55. The van der Waals surface area contributed by atoms with Crippen LogP contribution in [-0.4, -0.2) is 11.6 Å². The van der Waals surface area contributed by atoms with Gasteiger partial charge in [0.05, 0.1) is 18.9 Å². The molecule has 0 N–H and O–H groups in total. The maximum Gasteiger partial charge on any atom is 0.0887 e. The molecule has 1 aromatic rings. The molecule has 0 aliphatic heterocycles. The van der Waals surface area contributed by atoms with Crippen molar-refractivity contribution in [2.75, 3.05) is 6.61 Å². The molecule has 2 atom stereocenters. The normalized spacial score (nSPS) is 25.9. The number of rotatable bonds is 4. The van der Waals surface area contributed by atoms with E-state index in [9.17, 15) is 0 Å². The van der Waals surface area contributed by atoms with Crippen molar-refractivity contribution in [3.8, 4) is 0 Å². The molecular weight excluding hydrogens is 162 g/mol. The molecule has 0 spiro atoms. The molecule has 1 aliphatic rings. The van der Waals surface area contributed by atoms with Gasteiger partial charge in [-0.3, -0.25) is 4.98 Å². The molecule has 1 heterocycles. The Bertz CT molecular complexity index is 260. The molecule has 0 bridgehead atoms. The Kier molecular flexibility index (Phi) is 2.60. The van der Waals surface area contributed by atoms with Gasteiger partial charge >= 0.3 is 0 Å². The largest absolute Gasteiger partial charge is 0.375 e. The highest BCUT2D eigenvalue weighted by Gasteiger charge is 2.32. The third kappa shape index (κ3) is 2.52. The molecule has 1 aliphatic carbocycles. The van der Waals surface area contributed by atoms with Crippen molar-refractivity contribution >= 4 is 0 Å². The molecule has 0 amide bonds. The fourth-order valence-corrected chi connectivity index (χ4v) is 1.43. The Hall–Kier alpha value is -0.890. The molecule has 1 fully saturated rings. The van der Waals surface area contributed by atoms with E-state index in [1.165, 1.54) is 6.42 Å². The van der Waals surface area contributed by atoms with E-state index >= 15 is 0 Å². The molecule has 2 rings (SSSR count). The third-order valence-electron chi connectivity index (χ3n) is 2.58. The van der Waals surface area contributed by atoms with Crippen molar-refractivity contribution in [2.45, 2.75) is 20.0 Å². The van der Waals surface area contributed by atoms with Crippen LogP contribution in [-0.2, 0) is 11.3 Å². The van der Waals surface area contributed by atoms with E-state index in [-0.39, 0.29) is 0 Å². The zero-order chi connectivity index (χ0) is 9.10. The Morgan fingerprint density at radius 3 is 3.00 bits per heavy atom. The van der Waals surface area contributed by atoms with Crippen LogP contribution in [0.1, 0.15) is 19.0 Å². The third-order valence-corrected chi connectivity index (χ3v) is 2.58. The summed E-state index contributed by atoms with van der Waals surface area (Å²) in [6.45, 7) is 3.83. The molecule has 0 aromatic carbocycles. The fourth-order valence-electron chi connectivity index (χ4n) is 1.43. The first-order valence-electron chi connectivity index (χ1n) is 4.84. The molecular formula is C11H15NO. The lowest BCUT2D eigenvalue weighted by molar-refractivity contribution is 0.106. The number of pyridine rings is 1. The quantitative estimate of drug-likeness (QED) is 0.703. The molecule has 1 aromatic heterocycles. The highest BCUT2D eigenvalue weighted by Crippen LogP contribution is 2.37. The molecule has 2 unspecified atom stereocenters. The summed E-state index contributed by atoms with van der Waals surface area (Å²) in [4.78, 5) is 4.19. The second-order valence-electron chi connectivity index (χ2n) is 3.81. The molecule has 0 saturated heterocycles. The highest BCUT2D eigenvalue weighted by atomic mass is 16.5. The van der Waals surface area contributed by atoms with Gasteiger partial charge in [-0.25, -0.2) is 0 Å². The van der Waals surface area contributed by atoms with E-state index in [1.807, 2.05) is 18.2 Å². The van der Waals surface area contributed by atoms with Crippen LogP contribution in [0.5, 0.6) is 0 Å². The van der Waals surface area contributed by atoms with Crippen LogP contribution >= 0.6 is 0 Å². The second-order valence-corrected chi connectivity index (χ2v) is 3.81. The summed E-state index contributed by atoms with van der Waals surface area (Å²) in [6, 6.07) is 5.91. The minimum atomic E-state index is 0.657.